The van der Waals surface area contributed by atoms with E-state index in [0.29, 0.717) is 5.02 Å². The molecule has 2 aromatic rings. The number of benzene rings is 2. The standard InChI is InChI=1S/C16H18BrClN2O/c1-21-13-6-2-11(3-7-13)4-9-16(20-19)14-10-12(18)5-8-15(14)17/h2-3,5-8,10,16,20H,4,9,19H2,1H3. The Kier molecular flexibility index (Phi) is 6.06. The van der Waals surface area contributed by atoms with Gasteiger partial charge in [-0.25, -0.2) is 0 Å². The van der Waals surface area contributed by atoms with Crippen LogP contribution in [0.3, 0.4) is 0 Å². The van der Waals surface area contributed by atoms with Crippen LogP contribution in [0, 0.1) is 0 Å². The zero-order chi connectivity index (χ0) is 15.2. The second-order valence-electron chi connectivity index (χ2n) is 4.77. The van der Waals surface area contributed by atoms with Crippen molar-refractivity contribution in [1.29, 1.82) is 0 Å². The number of nitrogens with one attached hydrogen (secondary N) is 1. The molecular formula is C16H18BrClN2O. The van der Waals surface area contributed by atoms with Gasteiger partial charge in [-0.1, -0.05) is 39.7 Å². The van der Waals surface area contributed by atoms with Crippen LogP contribution in [-0.2, 0) is 6.42 Å². The summed E-state index contributed by atoms with van der Waals surface area (Å²) in [6.45, 7) is 0. The van der Waals surface area contributed by atoms with Crippen LogP contribution in [0.25, 0.3) is 0 Å². The lowest BCUT2D eigenvalue weighted by atomic mass is 9.99. The van der Waals surface area contributed by atoms with Gasteiger partial charge >= 0.3 is 0 Å². The summed E-state index contributed by atoms with van der Waals surface area (Å²) in [5.41, 5.74) is 5.18. The summed E-state index contributed by atoms with van der Waals surface area (Å²) in [6.07, 6.45) is 1.79. The second-order valence-corrected chi connectivity index (χ2v) is 6.06. The Morgan fingerprint density at radius 2 is 1.95 bits per heavy atom. The van der Waals surface area contributed by atoms with Crippen molar-refractivity contribution in [1.82, 2.24) is 5.43 Å². The van der Waals surface area contributed by atoms with E-state index in [1.54, 1.807) is 7.11 Å². The Bertz CT molecular complexity index is 589. The predicted molar refractivity (Wildman–Crippen MR) is 90.5 cm³/mol. The van der Waals surface area contributed by atoms with Crippen molar-refractivity contribution in [2.45, 2.75) is 18.9 Å². The summed E-state index contributed by atoms with van der Waals surface area (Å²) in [4.78, 5) is 0. The van der Waals surface area contributed by atoms with Gasteiger partial charge in [-0.05, 0) is 54.3 Å². The topological polar surface area (TPSA) is 47.3 Å². The highest BCUT2D eigenvalue weighted by atomic mass is 79.9. The lowest BCUT2D eigenvalue weighted by Crippen LogP contribution is -2.28. The number of ether oxygens (including phenoxy) is 1. The molecule has 1 unspecified atom stereocenters. The molecule has 0 aliphatic carbocycles. The first kappa shape index (κ1) is 16.3. The van der Waals surface area contributed by atoms with Crippen molar-refractivity contribution in [2.24, 2.45) is 5.84 Å². The van der Waals surface area contributed by atoms with Gasteiger partial charge in [0.1, 0.15) is 5.75 Å². The number of halogens is 2. The maximum atomic E-state index is 6.07. The first-order valence-electron chi connectivity index (χ1n) is 6.68. The fourth-order valence-electron chi connectivity index (χ4n) is 2.21. The van der Waals surface area contributed by atoms with Gasteiger partial charge in [-0.3, -0.25) is 11.3 Å². The number of aryl methyl sites for hydroxylation is 1. The summed E-state index contributed by atoms with van der Waals surface area (Å²) >= 11 is 9.61. The number of hydrazine groups is 1. The lowest BCUT2D eigenvalue weighted by molar-refractivity contribution is 0.414. The Hall–Kier alpha value is -1.07. The summed E-state index contributed by atoms with van der Waals surface area (Å²) in [5.74, 6) is 6.57. The SMILES string of the molecule is COc1ccc(CCC(NN)c2cc(Cl)ccc2Br)cc1. The van der Waals surface area contributed by atoms with Gasteiger partial charge in [-0.15, -0.1) is 0 Å². The zero-order valence-electron chi connectivity index (χ0n) is 11.8. The molecule has 112 valence electrons. The van der Waals surface area contributed by atoms with Gasteiger partial charge < -0.3 is 4.74 Å². The van der Waals surface area contributed by atoms with Crippen molar-refractivity contribution in [3.05, 3.63) is 63.1 Å². The van der Waals surface area contributed by atoms with E-state index in [9.17, 15) is 0 Å². The largest absolute Gasteiger partial charge is 0.497 e. The maximum Gasteiger partial charge on any atom is 0.118 e. The molecule has 21 heavy (non-hydrogen) atoms. The molecule has 0 saturated carbocycles. The molecule has 5 heteroatoms. The maximum absolute atomic E-state index is 6.07. The molecule has 3 N–H and O–H groups in total. The van der Waals surface area contributed by atoms with Crippen LogP contribution in [0.2, 0.25) is 5.02 Å². The zero-order valence-corrected chi connectivity index (χ0v) is 14.1. The minimum absolute atomic E-state index is 0.0418. The minimum atomic E-state index is 0.0418. The molecule has 2 aromatic carbocycles. The van der Waals surface area contributed by atoms with Gasteiger partial charge in [-0.2, -0.15) is 0 Å². The smallest absolute Gasteiger partial charge is 0.118 e. The van der Waals surface area contributed by atoms with Crippen LogP contribution >= 0.6 is 27.5 Å². The molecule has 0 radical (unpaired) electrons. The van der Waals surface area contributed by atoms with E-state index in [1.165, 1.54) is 5.56 Å². The Morgan fingerprint density at radius 1 is 1.24 bits per heavy atom. The van der Waals surface area contributed by atoms with E-state index in [0.717, 1.165) is 28.6 Å². The van der Waals surface area contributed by atoms with Crippen LogP contribution < -0.4 is 16.0 Å². The van der Waals surface area contributed by atoms with Crippen molar-refractivity contribution in [3.63, 3.8) is 0 Å². The fraction of sp³-hybridized carbons (Fsp3) is 0.250. The summed E-state index contributed by atoms with van der Waals surface area (Å²) in [7, 11) is 1.67. The van der Waals surface area contributed by atoms with E-state index < -0.39 is 0 Å². The van der Waals surface area contributed by atoms with Crippen molar-refractivity contribution < 1.29 is 4.74 Å². The molecule has 1 atom stereocenters. The summed E-state index contributed by atoms with van der Waals surface area (Å²) in [6, 6.07) is 13.8. The predicted octanol–water partition coefficient (Wildman–Crippen LogP) is 4.25. The average Bonchev–Trinajstić information content (AvgIpc) is 2.51. The summed E-state index contributed by atoms with van der Waals surface area (Å²) < 4.78 is 6.17. The van der Waals surface area contributed by atoms with E-state index >= 15 is 0 Å². The molecule has 0 aromatic heterocycles. The molecule has 0 heterocycles. The fourth-order valence-corrected chi connectivity index (χ4v) is 2.92. The normalized spacial score (nSPS) is 12.2. The molecule has 0 bridgehead atoms. The Labute approximate surface area is 138 Å². The average molecular weight is 370 g/mol. The van der Waals surface area contributed by atoms with Crippen molar-refractivity contribution in [2.75, 3.05) is 7.11 Å². The molecule has 0 saturated heterocycles. The first-order valence-corrected chi connectivity index (χ1v) is 7.85. The van der Waals surface area contributed by atoms with E-state index in [1.807, 2.05) is 30.3 Å². The number of hydrogen-bond donors (Lipinski definition) is 2. The number of hydrogen-bond acceptors (Lipinski definition) is 3. The van der Waals surface area contributed by atoms with Crippen molar-refractivity contribution >= 4 is 27.5 Å². The van der Waals surface area contributed by atoms with E-state index in [2.05, 4.69) is 33.5 Å². The molecule has 3 nitrogen and oxygen atoms in total. The first-order chi connectivity index (χ1) is 10.1. The van der Waals surface area contributed by atoms with E-state index in [4.69, 9.17) is 22.2 Å². The van der Waals surface area contributed by atoms with Crippen LogP contribution in [0.15, 0.2) is 46.9 Å². The van der Waals surface area contributed by atoms with Gasteiger partial charge in [0.25, 0.3) is 0 Å². The molecule has 2 rings (SSSR count). The van der Waals surface area contributed by atoms with Crippen LogP contribution in [0.1, 0.15) is 23.6 Å². The van der Waals surface area contributed by atoms with Crippen LogP contribution in [0.4, 0.5) is 0 Å². The highest BCUT2D eigenvalue weighted by molar-refractivity contribution is 9.10. The second kappa shape index (κ2) is 7.80. The molecule has 0 amide bonds. The quantitative estimate of drug-likeness (QED) is 0.591. The van der Waals surface area contributed by atoms with Gasteiger partial charge in [0, 0.05) is 15.5 Å². The molecule has 0 aliphatic rings. The number of nitrogens with two attached hydrogens (primary N) is 1. The van der Waals surface area contributed by atoms with Crippen LogP contribution in [0.5, 0.6) is 5.75 Å². The Balaban J connectivity index is 2.06. The Morgan fingerprint density at radius 3 is 2.57 bits per heavy atom. The molecular weight excluding hydrogens is 352 g/mol. The monoisotopic (exact) mass is 368 g/mol. The third kappa shape index (κ3) is 4.45. The van der Waals surface area contributed by atoms with Crippen molar-refractivity contribution in [3.8, 4) is 5.75 Å². The third-order valence-electron chi connectivity index (χ3n) is 3.42. The lowest BCUT2D eigenvalue weighted by Gasteiger charge is -2.18. The highest BCUT2D eigenvalue weighted by Crippen LogP contribution is 2.29. The molecule has 0 fully saturated rings. The highest BCUT2D eigenvalue weighted by Gasteiger charge is 2.13. The van der Waals surface area contributed by atoms with Gasteiger partial charge in [0.05, 0.1) is 7.11 Å². The van der Waals surface area contributed by atoms with Gasteiger partial charge in [0.2, 0.25) is 0 Å². The summed E-state index contributed by atoms with van der Waals surface area (Å²) in [5, 5.41) is 0.706. The van der Waals surface area contributed by atoms with E-state index in [-0.39, 0.29) is 6.04 Å². The third-order valence-corrected chi connectivity index (χ3v) is 4.37. The van der Waals surface area contributed by atoms with Gasteiger partial charge in [0.15, 0.2) is 0 Å². The van der Waals surface area contributed by atoms with Crippen LogP contribution in [-0.4, -0.2) is 7.11 Å². The minimum Gasteiger partial charge on any atom is -0.497 e. The molecule has 0 aliphatic heterocycles. The molecule has 0 spiro atoms. The number of rotatable bonds is 6. The number of methoxy groups -OCH3 is 1.